The van der Waals surface area contributed by atoms with E-state index in [-0.39, 0.29) is 5.91 Å². The van der Waals surface area contributed by atoms with Crippen molar-refractivity contribution in [3.8, 4) is 0 Å². The Morgan fingerprint density at radius 3 is 1.00 bits per heavy atom. The summed E-state index contributed by atoms with van der Waals surface area (Å²) >= 11 is 0. The summed E-state index contributed by atoms with van der Waals surface area (Å²) in [4.78, 5) is 9.22. The third-order valence-corrected chi connectivity index (χ3v) is 0. The van der Waals surface area contributed by atoms with Gasteiger partial charge in [0.25, 0.3) is 20.2 Å². The van der Waals surface area contributed by atoms with Crippen LogP contribution in [0.15, 0.2) is 0 Å². The lowest BCUT2D eigenvalue weighted by Gasteiger charge is -1.69. The van der Waals surface area contributed by atoms with E-state index in [1.165, 1.54) is 6.92 Å². The van der Waals surface area contributed by atoms with Crippen LogP contribution in [0.5, 0.6) is 0 Å². The summed E-state index contributed by atoms with van der Waals surface area (Å²) < 4.78 is 51.7. The largest absolute Gasteiger partial charge is 0.370 e. The average molecular weight is 251 g/mol. The second-order valence-corrected chi connectivity index (χ2v) is 5.01. The van der Waals surface area contributed by atoms with Crippen molar-refractivity contribution >= 4 is 26.1 Å². The van der Waals surface area contributed by atoms with E-state index < -0.39 is 20.2 Å². The van der Waals surface area contributed by atoms with Gasteiger partial charge >= 0.3 is 0 Å². The minimum absolute atomic E-state index is 0.333. The quantitative estimate of drug-likeness (QED) is 0.443. The predicted molar refractivity (Wildman–Crippen MR) is 49.8 cm³/mol. The van der Waals surface area contributed by atoms with E-state index >= 15 is 0 Å². The molecule has 1 amide bonds. The molecule has 0 spiro atoms. The van der Waals surface area contributed by atoms with Crippen LogP contribution in [0.1, 0.15) is 6.92 Å². The van der Waals surface area contributed by atoms with E-state index in [9.17, 15) is 21.6 Å². The lowest BCUT2D eigenvalue weighted by atomic mass is 10.8. The van der Waals surface area contributed by atoms with Crippen LogP contribution < -0.4 is 5.73 Å². The molecule has 0 aliphatic rings. The first-order valence-corrected chi connectivity index (χ1v) is 6.54. The van der Waals surface area contributed by atoms with Crippen LogP contribution in [0.2, 0.25) is 0 Å². The van der Waals surface area contributed by atoms with Crippen molar-refractivity contribution in [3.05, 3.63) is 0 Å². The zero-order valence-corrected chi connectivity index (χ0v) is 9.46. The Morgan fingerprint density at radius 2 is 1.00 bits per heavy atom. The molecule has 0 saturated heterocycles. The maximum absolute atomic E-state index is 9.22. The second-order valence-electron chi connectivity index (χ2n) is 2.08. The summed E-state index contributed by atoms with van der Waals surface area (Å²) in [6.07, 6.45) is 1.43. The molecule has 0 fully saturated rings. The SMILES string of the molecule is CC(N)=O.CS(=O)(=O)O.CS(=O)(=O)O. The number of amides is 1. The molecule has 10 heteroatoms. The molecule has 8 nitrogen and oxygen atoms in total. The molecule has 0 rings (SSSR count). The fraction of sp³-hybridized carbons (Fsp3) is 0.750. The van der Waals surface area contributed by atoms with Crippen LogP contribution in [0.25, 0.3) is 0 Å². The van der Waals surface area contributed by atoms with Crippen molar-refractivity contribution in [1.29, 1.82) is 0 Å². The lowest BCUT2D eigenvalue weighted by Crippen LogP contribution is -2.01. The summed E-state index contributed by atoms with van der Waals surface area (Å²) in [6, 6.07) is 0. The highest BCUT2D eigenvalue weighted by Crippen LogP contribution is 1.60. The van der Waals surface area contributed by atoms with Gasteiger partial charge in [0.2, 0.25) is 5.91 Å². The summed E-state index contributed by atoms with van der Waals surface area (Å²) in [7, 11) is -7.33. The van der Waals surface area contributed by atoms with E-state index in [4.69, 9.17) is 9.11 Å². The predicted octanol–water partition coefficient (Wildman–Crippen LogP) is -1.50. The summed E-state index contributed by atoms with van der Waals surface area (Å²) in [5.74, 6) is -0.333. The van der Waals surface area contributed by atoms with Crippen molar-refractivity contribution < 1.29 is 30.7 Å². The van der Waals surface area contributed by atoms with Crippen LogP contribution in [0.3, 0.4) is 0 Å². The van der Waals surface area contributed by atoms with E-state index in [1.807, 2.05) is 0 Å². The van der Waals surface area contributed by atoms with Gasteiger partial charge < -0.3 is 5.73 Å². The third kappa shape index (κ3) is 2370. The van der Waals surface area contributed by atoms with Gasteiger partial charge in [0.15, 0.2) is 0 Å². The molecule has 0 bridgehead atoms. The van der Waals surface area contributed by atoms with Crippen LogP contribution in [0.4, 0.5) is 0 Å². The molecule has 0 aliphatic carbocycles. The molecule has 0 aromatic carbocycles. The second kappa shape index (κ2) is 7.67. The molecule has 0 saturated carbocycles. The van der Waals surface area contributed by atoms with Gasteiger partial charge in [0.05, 0.1) is 12.5 Å². The van der Waals surface area contributed by atoms with Gasteiger partial charge in [-0.2, -0.15) is 16.8 Å². The van der Waals surface area contributed by atoms with Crippen LogP contribution in [-0.4, -0.2) is 44.4 Å². The van der Waals surface area contributed by atoms with Crippen molar-refractivity contribution in [3.63, 3.8) is 0 Å². The molecule has 0 unspecified atom stereocenters. The number of carbonyl (C=O) groups excluding carboxylic acids is 1. The minimum Gasteiger partial charge on any atom is -0.370 e. The number of carbonyl (C=O) groups is 1. The van der Waals surface area contributed by atoms with Gasteiger partial charge in [-0.1, -0.05) is 0 Å². The highest BCUT2D eigenvalue weighted by Gasteiger charge is 1.82. The summed E-state index contributed by atoms with van der Waals surface area (Å²) in [6.45, 7) is 1.31. The first kappa shape index (κ1) is 19.0. The minimum atomic E-state index is -3.67. The number of rotatable bonds is 0. The van der Waals surface area contributed by atoms with Crippen molar-refractivity contribution in [1.82, 2.24) is 0 Å². The first-order chi connectivity index (χ1) is 5.73. The third-order valence-electron chi connectivity index (χ3n) is 0. The Kier molecular flexibility index (Phi) is 10.4. The topological polar surface area (TPSA) is 152 Å². The van der Waals surface area contributed by atoms with Gasteiger partial charge in [0, 0.05) is 6.92 Å². The summed E-state index contributed by atoms with van der Waals surface area (Å²) in [5.41, 5.74) is 4.47. The van der Waals surface area contributed by atoms with E-state index in [2.05, 4.69) is 5.73 Å². The van der Waals surface area contributed by atoms with Crippen molar-refractivity contribution in [2.75, 3.05) is 12.5 Å². The maximum Gasteiger partial charge on any atom is 0.261 e. The highest BCUT2D eigenvalue weighted by molar-refractivity contribution is 7.85. The molecular weight excluding hydrogens is 238 g/mol. The molecule has 0 radical (unpaired) electrons. The number of hydrogen-bond donors (Lipinski definition) is 3. The van der Waals surface area contributed by atoms with Gasteiger partial charge in [-0.05, 0) is 0 Å². The summed E-state index contributed by atoms with van der Waals surface area (Å²) in [5, 5.41) is 0. The van der Waals surface area contributed by atoms with Crippen LogP contribution in [0, 0.1) is 0 Å². The maximum atomic E-state index is 9.22. The van der Waals surface area contributed by atoms with Gasteiger partial charge in [0.1, 0.15) is 0 Å². The molecule has 14 heavy (non-hydrogen) atoms. The molecule has 0 aromatic heterocycles. The zero-order chi connectivity index (χ0) is 12.6. The Hall–Kier alpha value is -0.710. The van der Waals surface area contributed by atoms with E-state index in [0.29, 0.717) is 12.5 Å². The molecule has 0 aliphatic heterocycles. The number of primary amides is 1. The van der Waals surface area contributed by atoms with Crippen LogP contribution >= 0.6 is 0 Å². The Morgan fingerprint density at radius 1 is 1.00 bits per heavy atom. The molecule has 0 atom stereocenters. The fourth-order valence-corrected chi connectivity index (χ4v) is 0. The zero-order valence-electron chi connectivity index (χ0n) is 7.83. The molecule has 0 aromatic rings. The number of nitrogens with two attached hydrogens (primary N) is 1. The van der Waals surface area contributed by atoms with E-state index in [1.54, 1.807) is 0 Å². The monoisotopic (exact) mass is 251 g/mol. The van der Waals surface area contributed by atoms with Gasteiger partial charge in [-0.3, -0.25) is 13.9 Å². The smallest absolute Gasteiger partial charge is 0.261 e. The lowest BCUT2D eigenvalue weighted by molar-refractivity contribution is -0.115. The van der Waals surface area contributed by atoms with Crippen LogP contribution in [-0.2, 0) is 25.0 Å². The van der Waals surface area contributed by atoms with Crippen molar-refractivity contribution in [2.24, 2.45) is 5.73 Å². The normalized spacial score (nSPS) is 10.1. The fourth-order valence-electron chi connectivity index (χ4n) is 0. The highest BCUT2D eigenvalue weighted by atomic mass is 32.2. The molecular formula is C4H13NO7S2. The van der Waals surface area contributed by atoms with Gasteiger partial charge in [-0.25, -0.2) is 0 Å². The Balaban J connectivity index is -0.000000131. The number of hydrogen-bond acceptors (Lipinski definition) is 5. The Bertz CT molecular complexity index is 290. The molecule has 4 N–H and O–H groups in total. The van der Waals surface area contributed by atoms with E-state index in [0.717, 1.165) is 0 Å². The molecule has 0 heterocycles. The van der Waals surface area contributed by atoms with Crippen molar-refractivity contribution in [2.45, 2.75) is 6.92 Å². The Labute approximate surface area is 82.6 Å². The first-order valence-electron chi connectivity index (χ1n) is 2.84. The molecule has 88 valence electrons. The average Bonchev–Trinajstić information content (AvgIpc) is 1.45. The standard InChI is InChI=1S/C2H5NO.2CH4O3S/c1-2(3)4;2*1-5(2,3)4/h1H3,(H2,3,4);2*1H3,(H,2,3,4). The van der Waals surface area contributed by atoms with Gasteiger partial charge in [-0.15, -0.1) is 0 Å².